The van der Waals surface area contributed by atoms with E-state index in [9.17, 15) is 33.5 Å². The third kappa shape index (κ3) is 11.3. The zero-order valence-electron chi connectivity index (χ0n) is 36.3. The Labute approximate surface area is 369 Å². The van der Waals surface area contributed by atoms with Crippen LogP contribution in [-0.4, -0.2) is 99.7 Å². The van der Waals surface area contributed by atoms with Crippen LogP contribution in [0.3, 0.4) is 0 Å². The number of carboxylic acids is 1. The number of halogens is 1. The number of nitrogens with zero attached hydrogens (tertiary/aromatic N) is 3. The quantitative estimate of drug-likeness (QED) is 0.0390. The number of aliphatic carboxylic acids is 1. The van der Waals surface area contributed by atoms with Crippen LogP contribution in [-0.2, 0) is 19.1 Å². The number of ether oxygens (including phenoxy) is 3. The van der Waals surface area contributed by atoms with Gasteiger partial charge in [-0.1, -0.05) is 45.8 Å². The summed E-state index contributed by atoms with van der Waals surface area (Å²) >= 11 is 1.43. The Kier molecular flexibility index (Phi) is 15.0. The highest BCUT2D eigenvalue weighted by molar-refractivity contribution is 7.14. The molecule has 1 aliphatic carbocycles. The van der Waals surface area contributed by atoms with Crippen LogP contribution in [0.25, 0.3) is 22.3 Å². The molecule has 0 radical (unpaired) electrons. The number of nitrogens with one attached hydrogen (secondary N) is 3. The number of aromatic nitrogens is 2. The van der Waals surface area contributed by atoms with E-state index in [1.54, 1.807) is 45.2 Å². The molecular formula is C46H55FN6O9S. The number of hydrogen-bond donors (Lipinski definition) is 4. The number of fused-ring (bicyclic) bond motifs is 1. The highest BCUT2D eigenvalue weighted by atomic mass is 32.1. The number of carbonyl (C=O) groups is 5. The van der Waals surface area contributed by atoms with E-state index >= 15 is 0 Å². The van der Waals surface area contributed by atoms with Crippen LogP contribution < -0.4 is 25.4 Å². The second-order valence-electron chi connectivity index (χ2n) is 16.6. The normalized spacial score (nSPS) is 19.9. The molecule has 1 saturated carbocycles. The summed E-state index contributed by atoms with van der Waals surface area (Å²) in [5.74, 6) is -3.52. The number of likely N-dealkylation sites (tertiary alicyclic amines) is 1. The lowest BCUT2D eigenvalue weighted by Crippen LogP contribution is -2.54. The van der Waals surface area contributed by atoms with Crippen molar-refractivity contribution >= 4 is 57.0 Å². The zero-order valence-corrected chi connectivity index (χ0v) is 37.1. The fourth-order valence-electron chi connectivity index (χ4n) is 7.54. The highest BCUT2D eigenvalue weighted by Gasteiger charge is 2.61. The number of carboxylic acid groups (broad SMARTS) is 1. The average molecular weight is 887 g/mol. The minimum Gasteiger partial charge on any atom is -0.497 e. The van der Waals surface area contributed by atoms with Gasteiger partial charge in [0.25, 0.3) is 0 Å². The standard InChI is InChI=1S/C46H55FN6O9S/c1-7-8-9-10-11-12-29-22-46(29,43(57)58)52-42(56)37-20-32(24-53(37)39(54)23-48-45(59)62-41(26(2)3)40(55)28-13-15-30(47)16-14-28)61-38-21-35(36-25-63-44(51-36)49-27(4)5)50-34-19-31(60-6)17-18-33(34)38/h11-19,21,25-27,29,32,37,41H,7-10,20,22-24H2,1-6H3,(H,48,59)(H,49,51)(H,52,56)(H,57,58)/b12-11-/t29?,32-,37+,41+,46-/m1/s1. The zero-order chi connectivity index (χ0) is 45.4. The first kappa shape index (κ1) is 46.4. The predicted molar refractivity (Wildman–Crippen MR) is 236 cm³/mol. The number of alkyl carbamates (subject to hydrolysis) is 1. The summed E-state index contributed by atoms with van der Waals surface area (Å²) < 4.78 is 31.1. The Bertz CT molecular complexity index is 2340. The van der Waals surface area contributed by atoms with Crippen LogP contribution in [0.2, 0.25) is 0 Å². The summed E-state index contributed by atoms with van der Waals surface area (Å²) in [7, 11) is 1.55. The number of amides is 3. The minimum absolute atomic E-state index is 0.00863. The number of Topliss-reactive ketones (excluding diaryl/α,β-unsaturated/α-hetero) is 1. The van der Waals surface area contributed by atoms with E-state index in [1.165, 1.54) is 28.4 Å². The molecule has 2 aromatic carbocycles. The van der Waals surface area contributed by atoms with Crippen LogP contribution in [0.1, 0.15) is 83.5 Å². The first-order valence-electron chi connectivity index (χ1n) is 21.3. The molecule has 4 aromatic rings. The summed E-state index contributed by atoms with van der Waals surface area (Å²) in [6, 6.07) is 10.9. The summed E-state index contributed by atoms with van der Waals surface area (Å²) in [4.78, 5) is 78.0. The average Bonchev–Trinajstić information content (AvgIpc) is 3.51. The van der Waals surface area contributed by atoms with Crippen molar-refractivity contribution in [3.63, 3.8) is 0 Å². The molecule has 0 bridgehead atoms. The van der Waals surface area contributed by atoms with E-state index < -0.39 is 77.6 Å². The lowest BCUT2D eigenvalue weighted by atomic mass is 9.97. The Morgan fingerprint density at radius 2 is 1.79 bits per heavy atom. The first-order chi connectivity index (χ1) is 30.1. The number of methoxy groups -OCH3 is 1. The maximum atomic E-state index is 14.2. The largest absolute Gasteiger partial charge is 0.497 e. The lowest BCUT2D eigenvalue weighted by Gasteiger charge is -2.26. The number of pyridine rings is 1. The fraction of sp³-hybridized carbons (Fsp3) is 0.457. The number of allylic oxidation sites excluding steroid dienone is 1. The van der Waals surface area contributed by atoms with E-state index in [1.807, 2.05) is 31.4 Å². The lowest BCUT2D eigenvalue weighted by molar-refractivity contribution is -0.145. The molecule has 17 heteroatoms. The number of unbranched alkanes of at least 4 members (excludes halogenated alkanes) is 3. The van der Waals surface area contributed by atoms with Gasteiger partial charge in [0, 0.05) is 46.8 Å². The second kappa shape index (κ2) is 20.4. The molecule has 6 rings (SSSR count). The van der Waals surface area contributed by atoms with Crippen molar-refractivity contribution in [1.29, 1.82) is 0 Å². The number of anilines is 1. The Hall–Kier alpha value is -6.10. The predicted octanol–water partition coefficient (Wildman–Crippen LogP) is 7.40. The van der Waals surface area contributed by atoms with Crippen molar-refractivity contribution in [2.45, 2.75) is 103 Å². The number of benzene rings is 2. The number of carbonyl (C=O) groups excluding carboxylic acids is 4. The van der Waals surface area contributed by atoms with Crippen molar-refractivity contribution in [3.8, 4) is 22.9 Å². The topological polar surface area (TPSA) is 198 Å². The number of thiazole rings is 1. The van der Waals surface area contributed by atoms with Crippen molar-refractivity contribution < 1.29 is 47.7 Å². The van der Waals surface area contributed by atoms with Crippen molar-refractivity contribution in [2.75, 3.05) is 25.5 Å². The molecule has 336 valence electrons. The highest BCUT2D eigenvalue weighted by Crippen LogP contribution is 2.45. The molecule has 15 nitrogen and oxygen atoms in total. The maximum Gasteiger partial charge on any atom is 0.408 e. The van der Waals surface area contributed by atoms with Gasteiger partial charge in [0.05, 0.1) is 24.9 Å². The second-order valence-corrected chi connectivity index (χ2v) is 17.4. The van der Waals surface area contributed by atoms with Crippen molar-refractivity contribution in [1.82, 2.24) is 25.5 Å². The van der Waals surface area contributed by atoms with Gasteiger partial charge in [0.1, 0.15) is 47.2 Å². The monoisotopic (exact) mass is 886 g/mol. The Morgan fingerprint density at radius 3 is 2.48 bits per heavy atom. The van der Waals surface area contributed by atoms with E-state index in [2.05, 4.69) is 22.9 Å². The molecule has 4 N–H and O–H groups in total. The number of hydrogen-bond acceptors (Lipinski definition) is 12. The number of rotatable bonds is 20. The molecule has 1 saturated heterocycles. The van der Waals surface area contributed by atoms with Gasteiger partial charge in [0.2, 0.25) is 17.6 Å². The van der Waals surface area contributed by atoms with Gasteiger partial charge in [-0.05, 0) is 75.4 Å². The third-order valence-electron chi connectivity index (χ3n) is 11.0. The molecule has 1 aliphatic heterocycles. The Morgan fingerprint density at radius 1 is 1.03 bits per heavy atom. The van der Waals surface area contributed by atoms with E-state index in [-0.39, 0.29) is 31.0 Å². The van der Waals surface area contributed by atoms with Crippen molar-refractivity contribution in [2.24, 2.45) is 11.8 Å². The number of ketones is 1. The molecule has 1 unspecified atom stereocenters. The molecule has 0 spiro atoms. The SMILES string of the molecule is CCCCC/C=C\C1C[C@]1(NC(=O)[C@@H]1C[C@@H](Oc2cc(-c3csc(NC(C)C)n3)nc3cc(OC)ccc23)CN1C(=O)CNC(=O)O[C@H](C(=O)c1ccc(F)cc1)C(C)C)C(=O)O. The van der Waals surface area contributed by atoms with Gasteiger partial charge in [0.15, 0.2) is 11.2 Å². The summed E-state index contributed by atoms with van der Waals surface area (Å²) in [5, 5.41) is 22.0. The van der Waals surface area contributed by atoms with Gasteiger partial charge in [-0.3, -0.25) is 14.4 Å². The van der Waals surface area contributed by atoms with Gasteiger partial charge in [-0.2, -0.15) is 0 Å². The minimum atomic E-state index is -1.54. The van der Waals surface area contributed by atoms with Crippen LogP contribution in [0.4, 0.5) is 14.3 Å². The third-order valence-corrected chi connectivity index (χ3v) is 11.8. The van der Waals surface area contributed by atoms with E-state index in [0.29, 0.717) is 33.8 Å². The summed E-state index contributed by atoms with van der Waals surface area (Å²) in [6.07, 6.45) is 4.78. The molecule has 5 atom stereocenters. The summed E-state index contributed by atoms with van der Waals surface area (Å²) in [5.41, 5.74) is 0.286. The maximum absolute atomic E-state index is 14.2. The molecule has 2 aliphatic rings. The molecule has 3 heterocycles. The molecule has 3 amide bonds. The molecular weight excluding hydrogens is 832 g/mol. The van der Waals surface area contributed by atoms with Gasteiger partial charge < -0.3 is 40.2 Å². The van der Waals surface area contributed by atoms with E-state index in [0.717, 1.165) is 42.9 Å². The van der Waals surface area contributed by atoms with Gasteiger partial charge in [-0.25, -0.2) is 23.9 Å². The molecule has 2 aromatic heterocycles. The molecule has 2 fully saturated rings. The van der Waals surface area contributed by atoms with E-state index in [4.69, 9.17) is 24.2 Å². The van der Waals surface area contributed by atoms with Gasteiger partial charge in [-0.15, -0.1) is 11.3 Å². The first-order valence-corrected chi connectivity index (χ1v) is 22.1. The van der Waals surface area contributed by atoms with Crippen molar-refractivity contribution in [3.05, 3.63) is 77.4 Å². The van der Waals surface area contributed by atoms with Gasteiger partial charge >= 0.3 is 12.1 Å². The Balaban J connectivity index is 1.24. The fourth-order valence-corrected chi connectivity index (χ4v) is 8.39. The van der Waals surface area contributed by atoms with Crippen LogP contribution in [0.5, 0.6) is 11.5 Å². The molecule has 63 heavy (non-hydrogen) atoms. The smallest absolute Gasteiger partial charge is 0.408 e. The van der Waals surface area contributed by atoms with Crippen LogP contribution in [0.15, 0.2) is 66.1 Å². The van der Waals surface area contributed by atoms with Crippen LogP contribution >= 0.6 is 11.3 Å². The van der Waals surface area contributed by atoms with Crippen LogP contribution in [0, 0.1) is 17.7 Å². The summed E-state index contributed by atoms with van der Waals surface area (Å²) in [6.45, 7) is 8.77.